The summed E-state index contributed by atoms with van der Waals surface area (Å²) in [5.74, 6) is 2.27. The average Bonchev–Trinajstić information content (AvgIpc) is 2.88. The normalized spacial score (nSPS) is 25.3. The molecular formula is C34H43NO. The highest BCUT2D eigenvalue weighted by molar-refractivity contribution is 5.42. The molecule has 2 aliphatic carbocycles. The molecule has 1 N–H and O–H groups in total. The molecule has 2 aliphatic rings. The Balaban J connectivity index is 1.20. The zero-order chi connectivity index (χ0) is 25.2. The molecule has 2 nitrogen and oxygen atoms in total. The average molecular weight is 482 g/mol. The molecule has 0 radical (unpaired) electrons. The fourth-order valence-corrected chi connectivity index (χ4v) is 7.15. The van der Waals surface area contributed by atoms with Crippen molar-refractivity contribution in [2.24, 2.45) is 11.3 Å². The van der Waals surface area contributed by atoms with Crippen LogP contribution in [0.5, 0.6) is 5.75 Å². The van der Waals surface area contributed by atoms with Gasteiger partial charge < -0.3 is 10.1 Å². The van der Waals surface area contributed by atoms with Crippen molar-refractivity contribution in [2.75, 3.05) is 6.54 Å². The lowest BCUT2D eigenvalue weighted by Gasteiger charge is -2.55. The van der Waals surface area contributed by atoms with Crippen LogP contribution in [0.2, 0.25) is 0 Å². The number of hydrogen-bond donors (Lipinski definition) is 1. The third-order valence-corrected chi connectivity index (χ3v) is 9.20. The van der Waals surface area contributed by atoms with Crippen LogP contribution in [0.25, 0.3) is 0 Å². The number of fused-ring (bicyclic) bond motifs is 3. The van der Waals surface area contributed by atoms with Crippen molar-refractivity contribution in [1.29, 1.82) is 0 Å². The van der Waals surface area contributed by atoms with Crippen LogP contribution in [0.1, 0.15) is 87.1 Å². The Morgan fingerprint density at radius 1 is 0.917 bits per heavy atom. The third-order valence-electron chi connectivity index (χ3n) is 9.20. The molecule has 3 unspecified atom stereocenters. The van der Waals surface area contributed by atoms with E-state index in [9.17, 15) is 0 Å². The lowest BCUT2D eigenvalue weighted by molar-refractivity contribution is 0.0257. The summed E-state index contributed by atoms with van der Waals surface area (Å²) >= 11 is 0. The van der Waals surface area contributed by atoms with Crippen molar-refractivity contribution in [1.82, 2.24) is 5.32 Å². The fourth-order valence-electron chi connectivity index (χ4n) is 7.15. The zero-order valence-corrected chi connectivity index (χ0v) is 22.6. The van der Waals surface area contributed by atoms with Crippen molar-refractivity contribution in [3.63, 3.8) is 0 Å². The van der Waals surface area contributed by atoms with Crippen LogP contribution in [0.15, 0.2) is 72.8 Å². The van der Waals surface area contributed by atoms with Gasteiger partial charge in [0.05, 0.1) is 0 Å². The number of aryl methyl sites for hydroxylation is 1. The van der Waals surface area contributed by atoms with Crippen molar-refractivity contribution < 1.29 is 4.74 Å². The van der Waals surface area contributed by atoms with Crippen LogP contribution in [0.4, 0.5) is 0 Å². The van der Waals surface area contributed by atoms with E-state index in [2.05, 4.69) is 99.7 Å². The maximum Gasteiger partial charge on any atom is 0.119 e. The van der Waals surface area contributed by atoms with Gasteiger partial charge in [-0.1, -0.05) is 94.8 Å². The molecule has 1 fully saturated rings. The molecule has 2 heteroatoms. The Hall–Kier alpha value is -2.58. The second-order valence-electron chi connectivity index (χ2n) is 12.1. The molecule has 36 heavy (non-hydrogen) atoms. The first-order chi connectivity index (χ1) is 17.4. The van der Waals surface area contributed by atoms with Gasteiger partial charge in [-0.2, -0.15) is 0 Å². The summed E-state index contributed by atoms with van der Waals surface area (Å²) in [4.78, 5) is 0. The Kier molecular flexibility index (Phi) is 7.26. The minimum atomic E-state index is 0.301. The van der Waals surface area contributed by atoms with Gasteiger partial charge in [-0.15, -0.1) is 0 Å². The number of nitrogens with one attached hydrogen (secondary N) is 1. The first-order valence-electron chi connectivity index (χ1n) is 14.0. The quantitative estimate of drug-likeness (QED) is 0.350. The zero-order valence-electron chi connectivity index (χ0n) is 22.6. The first-order valence-corrected chi connectivity index (χ1v) is 14.0. The number of benzene rings is 3. The number of rotatable bonds is 8. The lowest BCUT2D eigenvalue weighted by Crippen LogP contribution is -2.52. The minimum Gasteiger partial charge on any atom is -0.489 e. The third kappa shape index (κ3) is 5.11. The Labute approximate surface area is 218 Å². The Morgan fingerprint density at radius 3 is 2.44 bits per heavy atom. The predicted octanol–water partition coefficient (Wildman–Crippen LogP) is 8.19. The van der Waals surface area contributed by atoms with Gasteiger partial charge in [0.2, 0.25) is 0 Å². The summed E-state index contributed by atoms with van der Waals surface area (Å²) in [6, 6.07) is 26.3. The maximum absolute atomic E-state index is 5.96. The Morgan fingerprint density at radius 2 is 1.69 bits per heavy atom. The van der Waals surface area contributed by atoms with Crippen LogP contribution in [0.3, 0.4) is 0 Å². The van der Waals surface area contributed by atoms with Gasteiger partial charge >= 0.3 is 0 Å². The van der Waals surface area contributed by atoms with E-state index in [1.165, 1.54) is 48.8 Å². The highest BCUT2D eigenvalue weighted by atomic mass is 16.5. The maximum atomic E-state index is 5.96. The lowest BCUT2D eigenvalue weighted by atomic mass is 9.49. The molecular weight excluding hydrogens is 438 g/mol. The summed E-state index contributed by atoms with van der Waals surface area (Å²) in [5, 5.41) is 3.85. The van der Waals surface area contributed by atoms with Crippen molar-refractivity contribution in [3.05, 3.63) is 101 Å². The highest BCUT2D eigenvalue weighted by Crippen LogP contribution is 2.57. The van der Waals surface area contributed by atoms with Gasteiger partial charge in [0, 0.05) is 13.1 Å². The SMILES string of the molecule is CC(C)c1ccc2c(c1)CCC1C(C)(CNCc3ccc(OCc4ccccc4)cc3)CCCC21C. The van der Waals surface area contributed by atoms with Crippen LogP contribution in [-0.2, 0) is 25.0 Å². The summed E-state index contributed by atoms with van der Waals surface area (Å²) in [6.45, 7) is 12.3. The monoisotopic (exact) mass is 481 g/mol. The van der Waals surface area contributed by atoms with E-state index < -0.39 is 0 Å². The Bertz CT molecular complexity index is 1150. The van der Waals surface area contributed by atoms with E-state index in [-0.39, 0.29) is 0 Å². The second kappa shape index (κ2) is 10.4. The summed E-state index contributed by atoms with van der Waals surface area (Å²) < 4.78 is 5.96. The van der Waals surface area contributed by atoms with Gasteiger partial charge in [-0.05, 0) is 88.3 Å². The van der Waals surface area contributed by atoms with Gasteiger partial charge in [0.15, 0.2) is 0 Å². The van der Waals surface area contributed by atoms with E-state index in [4.69, 9.17) is 4.74 Å². The molecule has 1 saturated carbocycles. The molecule has 3 atom stereocenters. The summed E-state index contributed by atoms with van der Waals surface area (Å²) in [6.07, 6.45) is 6.52. The first kappa shape index (κ1) is 25.1. The minimum absolute atomic E-state index is 0.301. The molecule has 3 aromatic rings. The van der Waals surface area contributed by atoms with Gasteiger partial charge in [-0.25, -0.2) is 0 Å². The van der Waals surface area contributed by atoms with Crippen LogP contribution >= 0.6 is 0 Å². The van der Waals surface area contributed by atoms with Crippen LogP contribution in [-0.4, -0.2) is 6.54 Å². The van der Waals surface area contributed by atoms with Crippen LogP contribution < -0.4 is 10.1 Å². The standard InChI is InChI=1S/C34H43NO/c1-25(2)28-13-17-31-29(21-28)14-18-32-33(3,19-8-20-34(31,32)4)24-35-22-26-11-15-30(16-12-26)36-23-27-9-6-5-7-10-27/h5-7,9-13,15-17,21,25,32,35H,8,14,18-20,22-24H2,1-4H3. The predicted molar refractivity (Wildman–Crippen MR) is 151 cm³/mol. The molecule has 0 aromatic heterocycles. The number of ether oxygens (including phenoxy) is 1. The van der Waals surface area contributed by atoms with Crippen molar-refractivity contribution >= 4 is 0 Å². The van der Waals surface area contributed by atoms with Crippen molar-refractivity contribution in [2.45, 2.75) is 84.3 Å². The van der Waals surface area contributed by atoms with E-state index in [0.29, 0.717) is 23.4 Å². The smallest absolute Gasteiger partial charge is 0.119 e. The molecule has 0 saturated heterocycles. The largest absolute Gasteiger partial charge is 0.489 e. The van der Waals surface area contributed by atoms with E-state index in [0.717, 1.165) is 24.8 Å². The molecule has 5 rings (SSSR count). The van der Waals surface area contributed by atoms with Crippen molar-refractivity contribution in [3.8, 4) is 5.75 Å². The van der Waals surface area contributed by atoms with Gasteiger partial charge in [0.1, 0.15) is 12.4 Å². The fraction of sp³-hybridized carbons (Fsp3) is 0.471. The van der Waals surface area contributed by atoms with E-state index in [1.54, 1.807) is 11.1 Å². The van der Waals surface area contributed by atoms with Gasteiger partial charge in [-0.3, -0.25) is 0 Å². The second-order valence-corrected chi connectivity index (χ2v) is 12.1. The molecule has 0 spiro atoms. The molecule has 0 aliphatic heterocycles. The van der Waals surface area contributed by atoms with E-state index >= 15 is 0 Å². The summed E-state index contributed by atoms with van der Waals surface area (Å²) in [5.41, 5.74) is 7.90. The van der Waals surface area contributed by atoms with Gasteiger partial charge in [0.25, 0.3) is 0 Å². The molecule has 0 heterocycles. The molecule has 0 amide bonds. The summed E-state index contributed by atoms with van der Waals surface area (Å²) in [7, 11) is 0. The topological polar surface area (TPSA) is 21.3 Å². The van der Waals surface area contributed by atoms with Crippen LogP contribution in [0, 0.1) is 11.3 Å². The molecule has 0 bridgehead atoms. The molecule has 190 valence electrons. The molecule has 3 aromatic carbocycles. The van der Waals surface area contributed by atoms with E-state index in [1.807, 2.05) is 6.07 Å². The number of hydrogen-bond acceptors (Lipinski definition) is 2. The highest BCUT2D eigenvalue weighted by Gasteiger charge is 2.51.